The third-order valence-electron chi connectivity index (χ3n) is 3.04. The van der Waals surface area contributed by atoms with Gasteiger partial charge in [0.15, 0.2) is 9.84 Å². The fourth-order valence-corrected chi connectivity index (χ4v) is 3.56. The van der Waals surface area contributed by atoms with E-state index in [9.17, 15) is 8.42 Å². The average Bonchev–Trinajstić information content (AvgIpc) is 2.39. The van der Waals surface area contributed by atoms with Gasteiger partial charge in [-0.15, -0.1) is 0 Å². The number of nitrogens with one attached hydrogen (secondary N) is 1. The molecule has 0 amide bonds. The highest BCUT2D eigenvalue weighted by molar-refractivity contribution is 7.91. The molecule has 1 aromatic rings. The molecule has 0 atom stereocenters. The second kappa shape index (κ2) is 8.20. The van der Waals surface area contributed by atoms with Gasteiger partial charge in [-0.1, -0.05) is 45.2 Å². The second-order valence-corrected chi connectivity index (χ2v) is 6.88. The maximum Gasteiger partial charge on any atom is 0.180 e. The van der Waals surface area contributed by atoms with Crippen molar-refractivity contribution in [1.82, 2.24) is 0 Å². The summed E-state index contributed by atoms with van der Waals surface area (Å²) in [6, 6.07) is 7.20. The smallest absolute Gasteiger partial charge is 0.180 e. The number of benzene rings is 1. The average molecular weight is 283 g/mol. The van der Waals surface area contributed by atoms with Gasteiger partial charge in [0.25, 0.3) is 0 Å². The summed E-state index contributed by atoms with van der Waals surface area (Å²) in [6.45, 7) is 4.90. The minimum atomic E-state index is -3.15. The number of hydrogen-bond donors (Lipinski definition) is 1. The first-order valence-corrected chi connectivity index (χ1v) is 8.82. The van der Waals surface area contributed by atoms with Crippen LogP contribution in [-0.2, 0) is 9.84 Å². The van der Waals surface area contributed by atoms with E-state index >= 15 is 0 Å². The number of rotatable bonds is 9. The minimum Gasteiger partial charge on any atom is -0.384 e. The lowest BCUT2D eigenvalue weighted by molar-refractivity contribution is 0.595. The van der Waals surface area contributed by atoms with Crippen LogP contribution >= 0.6 is 0 Å². The van der Waals surface area contributed by atoms with Crippen molar-refractivity contribution in [1.29, 1.82) is 0 Å². The molecule has 0 aromatic heterocycles. The Hall–Kier alpha value is -1.03. The molecular formula is C15H25NO2S. The summed E-state index contributed by atoms with van der Waals surface area (Å²) in [4.78, 5) is 0.437. The Morgan fingerprint density at radius 2 is 1.74 bits per heavy atom. The van der Waals surface area contributed by atoms with Crippen molar-refractivity contribution in [3.05, 3.63) is 24.3 Å². The molecule has 1 N–H and O–H groups in total. The van der Waals surface area contributed by atoms with Gasteiger partial charge in [0.2, 0.25) is 0 Å². The minimum absolute atomic E-state index is 0.210. The highest BCUT2D eigenvalue weighted by Crippen LogP contribution is 2.22. The first-order valence-electron chi connectivity index (χ1n) is 7.17. The zero-order valence-electron chi connectivity index (χ0n) is 12.0. The van der Waals surface area contributed by atoms with Crippen LogP contribution in [-0.4, -0.2) is 20.7 Å². The molecule has 3 nitrogen and oxygen atoms in total. The van der Waals surface area contributed by atoms with Crippen molar-refractivity contribution in [2.75, 3.05) is 17.6 Å². The van der Waals surface area contributed by atoms with E-state index in [1.807, 2.05) is 19.1 Å². The van der Waals surface area contributed by atoms with Crippen LogP contribution in [0.1, 0.15) is 46.0 Å². The van der Waals surface area contributed by atoms with Crippen LogP contribution in [0, 0.1) is 0 Å². The molecule has 0 saturated heterocycles. The predicted octanol–water partition coefficient (Wildman–Crippen LogP) is 3.86. The van der Waals surface area contributed by atoms with Crippen molar-refractivity contribution in [2.24, 2.45) is 0 Å². The van der Waals surface area contributed by atoms with Crippen LogP contribution < -0.4 is 5.32 Å². The first kappa shape index (κ1) is 16.0. The fraction of sp³-hybridized carbons (Fsp3) is 0.600. The lowest BCUT2D eigenvalue weighted by Crippen LogP contribution is -2.11. The molecule has 1 rings (SSSR count). The number of hydrogen-bond acceptors (Lipinski definition) is 3. The van der Waals surface area contributed by atoms with E-state index in [0.29, 0.717) is 11.3 Å². The fourth-order valence-electron chi connectivity index (χ4n) is 2.04. The largest absolute Gasteiger partial charge is 0.384 e. The summed E-state index contributed by atoms with van der Waals surface area (Å²) in [7, 11) is -3.15. The van der Waals surface area contributed by atoms with Gasteiger partial charge >= 0.3 is 0 Å². The standard InChI is InChI=1S/C15H25NO2S/c1-3-5-6-9-12-16-14-10-7-8-11-15(14)19(17,18)13-4-2/h7-8,10-11,16H,3-6,9,12-13H2,1-2H3. The van der Waals surface area contributed by atoms with E-state index in [4.69, 9.17) is 0 Å². The summed E-state index contributed by atoms with van der Waals surface area (Å²) >= 11 is 0. The number of anilines is 1. The summed E-state index contributed by atoms with van der Waals surface area (Å²) < 4.78 is 24.3. The molecule has 0 aliphatic carbocycles. The van der Waals surface area contributed by atoms with Crippen molar-refractivity contribution in [2.45, 2.75) is 50.8 Å². The zero-order chi connectivity index (χ0) is 14.1. The van der Waals surface area contributed by atoms with Gasteiger partial charge in [-0.05, 0) is 25.0 Å². The number of sulfone groups is 1. The molecule has 0 spiro atoms. The maximum atomic E-state index is 12.1. The molecule has 0 radical (unpaired) electrons. The molecule has 0 saturated carbocycles. The number of unbranched alkanes of at least 4 members (excludes halogenated alkanes) is 3. The third-order valence-corrected chi connectivity index (χ3v) is 5.01. The highest BCUT2D eigenvalue weighted by atomic mass is 32.2. The van der Waals surface area contributed by atoms with E-state index < -0.39 is 9.84 Å². The second-order valence-electron chi connectivity index (χ2n) is 4.80. The first-order chi connectivity index (χ1) is 9.11. The molecule has 0 fully saturated rings. The molecule has 4 heteroatoms. The normalized spacial score (nSPS) is 11.5. The Bertz CT molecular complexity index is 469. The molecule has 0 bridgehead atoms. The molecule has 0 heterocycles. The van der Waals surface area contributed by atoms with Crippen LogP contribution in [0.3, 0.4) is 0 Å². The van der Waals surface area contributed by atoms with E-state index in [-0.39, 0.29) is 5.75 Å². The van der Waals surface area contributed by atoms with Crippen LogP contribution in [0.4, 0.5) is 5.69 Å². The Morgan fingerprint density at radius 3 is 2.42 bits per heavy atom. The molecule has 19 heavy (non-hydrogen) atoms. The van der Waals surface area contributed by atoms with Gasteiger partial charge in [-0.3, -0.25) is 0 Å². The van der Waals surface area contributed by atoms with Crippen LogP contribution in [0.25, 0.3) is 0 Å². The van der Waals surface area contributed by atoms with Gasteiger partial charge in [0.1, 0.15) is 0 Å². The Kier molecular flexibility index (Phi) is 6.92. The van der Waals surface area contributed by atoms with E-state index in [2.05, 4.69) is 12.2 Å². The molecule has 0 unspecified atom stereocenters. The van der Waals surface area contributed by atoms with E-state index in [0.717, 1.165) is 18.7 Å². The summed E-state index contributed by atoms with van der Waals surface area (Å²) in [5.74, 6) is 0.210. The summed E-state index contributed by atoms with van der Waals surface area (Å²) in [5, 5.41) is 3.26. The summed E-state index contributed by atoms with van der Waals surface area (Å²) in [6.07, 6.45) is 5.36. The quantitative estimate of drug-likeness (QED) is 0.700. The Labute approximate surface area is 117 Å². The summed E-state index contributed by atoms with van der Waals surface area (Å²) in [5.41, 5.74) is 0.743. The van der Waals surface area contributed by atoms with Crippen molar-refractivity contribution >= 4 is 15.5 Å². The van der Waals surface area contributed by atoms with Gasteiger partial charge in [-0.25, -0.2) is 8.42 Å². The van der Waals surface area contributed by atoms with Crippen molar-refractivity contribution in [3.63, 3.8) is 0 Å². The van der Waals surface area contributed by atoms with Gasteiger partial charge in [0.05, 0.1) is 16.3 Å². The SMILES string of the molecule is CCCCCCNc1ccccc1S(=O)(=O)CCC. The monoisotopic (exact) mass is 283 g/mol. The van der Waals surface area contributed by atoms with Gasteiger partial charge in [-0.2, -0.15) is 0 Å². The predicted molar refractivity (Wildman–Crippen MR) is 81.4 cm³/mol. The topological polar surface area (TPSA) is 46.2 Å². The molecule has 0 aliphatic rings. The van der Waals surface area contributed by atoms with Crippen molar-refractivity contribution < 1.29 is 8.42 Å². The molecule has 0 aliphatic heterocycles. The van der Waals surface area contributed by atoms with Crippen LogP contribution in [0.2, 0.25) is 0 Å². The van der Waals surface area contributed by atoms with E-state index in [1.54, 1.807) is 12.1 Å². The van der Waals surface area contributed by atoms with Crippen LogP contribution in [0.15, 0.2) is 29.2 Å². The third kappa shape index (κ3) is 5.23. The van der Waals surface area contributed by atoms with Gasteiger partial charge in [0, 0.05) is 6.54 Å². The van der Waals surface area contributed by atoms with Crippen LogP contribution in [0.5, 0.6) is 0 Å². The molecular weight excluding hydrogens is 258 g/mol. The maximum absolute atomic E-state index is 12.1. The van der Waals surface area contributed by atoms with E-state index in [1.165, 1.54) is 19.3 Å². The lowest BCUT2D eigenvalue weighted by atomic mass is 10.2. The van der Waals surface area contributed by atoms with Gasteiger partial charge < -0.3 is 5.32 Å². The molecule has 108 valence electrons. The Balaban J connectivity index is 2.68. The lowest BCUT2D eigenvalue weighted by Gasteiger charge is -2.12. The molecule has 1 aromatic carbocycles. The zero-order valence-corrected chi connectivity index (χ0v) is 12.8. The van der Waals surface area contributed by atoms with Crippen molar-refractivity contribution in [3.8, 4) is 0 Å². The highest BCUT2D eigenvalue weighted by Gasteiger charge is 2.16. The number of para-hydroxylation sites is 1. The Morgan fingerprint density at radius 1 is 1.00 bits per heavy atom.